The molecule has 1 aliphatic rings. The van der Waals surface area contributed by atoms with E-state index in [4.69, 9.17) is 4.74 Å². The van der Waals surface area contributed by atoms with Crippen molar-refractivity contribution >= 4 is 5.91 Å². The highest BCUT2D eigenvalue weighted by Crippen LogP contribution is 2.14. The van der Waals surface area contributed by atoms with E-state index in [1.165, 1.54) is 5.56 Å². The summed E-state index contributed by atoms with van der Waals surface area (Å²) >= 11 is 0. The molecule has 0 radical (unpaired) electrons. The number of rotatable bonds is 6. The van der Waals surface area contributed by atoms with Gasteiger partial charge in [0.05, 0.1) is 6.61 Å². The number of aryl methyl sites for hydroxylation is 1. The third-order valence-electron chi connectivity index (χ3n) is 3.60. The summed E-state index contributed by atoms with van der Waals surface area (Å²) in [5.74, 6) is 1.69. The summed E-state index contributed by atoms with van der Waals surface area (Å²) in [7, 11) is 0. The maximum Gasteiger partial charge on any atom is 0.222 e. The van der Waals surface area contributed by atoms with Crippen LogP contribution in [-0.2, 0) is 11.2 Å². The summed E-state index contributed by atoms with van der Waals surface area (Å²) in [6.45, 7) is 8.50. The first-order valence-electron chi connectivity index (χ1n) is 7.85. The molecule has 1 aromatic rings. The number of ether oxygens (including phenoxy) is 1. The van der Waals surface area contributed by atoms with Gasteiger partial charge < -0.3 is 15.0 Å². The fourth-order valence-electron chi connectivity index (χ4n) is 2.34. The summed E-state index contributed by atoms with van der Waals surface area (Å²) in [5.41, 5.74) is 1.19. The smallest absolute Gasteiger partial charge is 0.222 e. The molecule has 1 N–H and O–H groups in total. The fraction of sp³-hybridized carbons (Fsp3) is 0.588. The number of benzene rings is 1. The Morgan fingerprint density at radius 1 is 1.24 bits per heavy atom. The summed E-state index contributed by atoms with van der Waals surface area (Å²) in [5, 5.41) is 3.26. The average Bonchev–Trinajstić information content (AvgIpc) is 2.52. The molecule has 2 rings (SSSR count). The van der Waals surface area contributed by atoms with E-state index >= 15 is 0 Å². The van der Waals surface area contributed by atoms with Crippen LogP contribution in [0.25, 0.3) is 0 Å². The van der Waals surface area contributed by atoms with Crippen LogP contribution in [0.2, 0.25) is 0 Å². The largest absolute Gasteiger partial charge is 0.493 e. The number of hydrogen-bond donors (Lipinski definition) is 1. The van der Waals surface area contributed by atoms with E-state index < -0.39 is 0 Å². The van der Waals surface area contributed by atoms with Crippen molar-refractivity contribution in [1.82, 2.24) is 10.2 Å². The third kappa shape index (κ3) is 5.38. The van der Waals surface area contributed by atoms with Crippen molar-refractivity contribution in [3.8, 4) is 5.75 Å². The summed E-state index contributed by atoms with van der Waals surface area (Å²) in [6.07, 6.45) is 1.39. The Labute approximate surface area is 127 Å². The van der Waals surface area contributed by atoms with Crippen LogP contribution < -0.4 is 10.1 Å². The van der Waals surface area contributed by atoms with E-state index in [0.717, 1.165) is 45.0 Å². The van der Waals surface area contributed by atoms with Crippen LogP contribution in [0.3, 0.4) is 0 Å². The zero-order chi connectivity index (χ0) is 15.1. The van der Waals surface area contributed by atoms with E-state index in [-0.39, 0.29) is 5.91 Å². The summed E-state index contributed by atoms with van der Waals surface area (Å²) in [4.78, 5) is 14.0. The lowest BCUT2D eigenvalue weighted by Gasteiger charge is -2.27. The Balaban J connectivity index is 1.76. The molecule has 1 amide bonds. The van der Waals surface area contributed by atoms with Crippen LogP contribution in [0.4, 0.5) is 0 Å². The molecule has 116 valence electrons. The summed E-state index contributed by atoms with van der Waals surface area (Å²) in [6, 6.07) is 8.10. The predicted molar refractivity (Wildman–Crippen MR) is 84.5 cm³/mol. The number of nitrogens with zero attached hydrogens (tertiary/aromatic N) is 1. The molecular formula is C17H26N2O2. The molecule has 1 aromatic carbocycles. The first kappa shape index (κ1) is 15.8. The molecule has 0 spiro atoms. The Kier molecular flexibility index (Phi) is 6.05. The lowest BCUT2D eigenvalue weighted by atomic mass is 10.1. The van der Waals surface area contributed by atoms with Gasteiger partial charge in [0.15, 0.2) is 0 Å². The first-order valence-corrected chi connectivity index (χ1v) is 7.85. The Hall–Kier alpha value is -1.55. The van der Waals surface area contributed by atoms with Gasteiger partial charge >= 0.3 is 0 Å². The molecule has 21 heavy (non-hydrogen) atoms. The Bertz CT molecular complexity index is 437. The van der Waals surface area contributed by atoms with Gasteiger partial charge in [-0.3, -0.25) is 4.79 Å². The van der Waals surface area contributed by atoms with Crippen molar-refractivity contribution < 1.29 is 9.53 Å². The minimum atomic E-state index is 0.261. The third-order valence-corrected chi connectivity index (χ3v) is 3.60. The number of piperazine rings is 1. The molecule has 1 saturated heterocycles. The summed E-state index contributed by atoms with van der Waals surface area (Å²) < 4.78 is 5.66. The highest BCUT2D eigenvalue weighted by Gasteiger charge is 2.15. The first-order chi connectivity index (χ1) is 10.1. The molecule has 1 fully saturated rings. The van der Waals surface area contributed by atoms with Crippen molar-refractivity contribution in [3.63, 3.8) is 0 Å². The number of hydrogen-bond acceptors (Lipinski definition) is 3. The maximum atomic E-state index is 12.1. The number of carbonyl (C=O) groups excluding carboxylic acids is 1. The van der Waals surface area contributed by atoms with Crippen molar-refractivity contribution in [2.45, 2.75) is 26.7 Å². The number of amides is 1. The molecular weight excluding hydrogens is 264 g/mol. The van der Waals surface area contributed by atoms with Crippen LogP contribution in [0.5, 0.6) is 5.75 Å². The van der Waals surface area contributed by atoms with E-state index in [2.05, 4.69) is 31.3 Å². The van der Waals surface area contributed by atoms with Gasteiger partial charge in [-0.05, 0) is 30.0 Å². The SMILES string of the molecule is CC(C)COc1ccc(CCC(=O)N2CCNCC2)cc1. The van der Waals surface area contributed by atoms with Crippen LogP contribution in [0, 0.1) is 5.92 Å². The van der Waals surface area contributed by atoms with Crippen molar-refractivity contribution in [2.24, 2.45) is 5.92 Å². The van der Waals surface area contributed by atoms with Crippen LogP contribution in [0.15, 0.2) is 24.3 Å². The van der Waals surface area contributed by atoms with Gasteiger partial charge in [-0.2, -0.15) is 0 Å². The van der Waals surface area contributed by atoms with E-state index in [9.17, 15) is 4.79 Å². The quantitative estimate of drug-likeness (QED) is 0.872. The van der Waals surface area contributed by atoms with Gasteiger partial charge in [0.25, 0.3) is 0 Å². The second-order valence-corrected chi connectivity index (χ2v) is 5.98. The molecule has 1 aliphatic heterocycles. The van der Waals surface area contributed by atoms with E-state index in [0.29, 0.717) is 12.3 Å². The molecule has 0 saturated carbocycles. The predicted octanol–water partition coefficient (Wildman–Crippen LogP) is 2.09. The van der Waals surface area contributed by atoms with E-state index in [1.807, 2.05) is 17.0 Å². The molecule has 0 aromatic heterocycles. The van der Waals surface area contributed by atoms with Crippen molar-refractivity contribution in [2.75, 3.05) is 32.8 Å². The number of nitrogens with one attached hydrogen (secondary N) is 1. The molecule has 0 bridgehead atoms. The molecule has 0 unspecified atom stereocenters. The number of carbonyl (C=O) groups is 1. The van der Waals surface area contributed by atoms with Gasteiger partial charge in [-0.1, -0.05) is 26.0 Å². The maximum absolute atomic E-state index is 12.1. The normalized spacial score (nSPS) is 15.3. The van der Waals surface area contributed by atoms with Crippen LogP contribution in [-0.4, -0.2) is 43.6 Å². The standard InChI is InChI=1S/C17H26N2O2/c1-14(2)13-21-16-6-3-15(4-7-16)5-8-17(20)19-11-9-18-10-12-19/h3-4,6-7,14,18H,5,8-13H2,1-2H3. The van der Waals surface area contributed by atoms with Gasteiger partial charge in [-0.15, -0.1) is 0 Å². The van der Waals surface area contributed by atoms with Crippen LogP contribution >= 0.6 is 0 Å². The second-order valence-electron chi connectivity index (χ2n) is 5.98. The lowest BCUT2D eigenvalue weighted by Crippen LogP contribution is -2.46. The molecule has 4 heteroatoms. The molecule has 1 heterocycles. The van der Waals surface area contributed by atoms with Gasteiger partial charge in [0.2, 0.25) is 5.91 Å². The Morgan fingerprint density at radius 2 is 1.90 bits per heavy atom. The van der Waals surface area contributed by atoms with E-state index in [1.54, 1.807) is 0 Å². The highest BCUT2D eigenvalue weighted by atomic mass is 16.5. The average molecular weight is 290 g/mol. The fourth-order valence-corrected chi connectivity index (χ4v) is 2.34. The second kappa shape index (κ2) is 8.03. The van der Waals surface area contributed by atoms with Crippen molar-refractivity contribution in [3.05, 3.63) is 29.8 Å². The monoisotopic (exact) mass is 290 g/mol. The zero-order valence-electron chi connectivity index (χ0n) is 13.1. The van der Waals surface area contributed by atoms with Gasteiger partial charge in [-0.25, -0.2) is 0 Å². The minimum Gasteiger partial charge on any atom is -0.493 e. The van der Waals surface area contributed by atoms with Crippen molar-refractivity contribution in [1.29, 1.82) is 0 Å². The Morgan fingerprint density at radius 3 is 2.52 bits per heavy atom. The highest BCUT2D eigenvalue weighted by molar-refractivity contribution is 5.76. The zero-order valence-corrected chi connectivity index (χ0v) is 13.1. The van der Waals surface area contributed by atoms with Gasteiger partial charge in [0.1, 0.15) is 5.75 Å². The minimum absolute atomic E-state index is 0.261. The van der Waals surface area contributed by atoms with Gasteiger partial charge in [0, 0.05) is 32.6 Å². The molecule has 4 nitrogen and oxygen atoms in total. The van der Waals surface area contributed by atoms with Crippen LogP contribution in [0.1, 0.15) is 25.8 Å². The molecule has 0 atom stereocenters. The lowest BCUT2D eigenvalue weighted by molar-refractivity contribution is -0.131. The molecule has 0 aliphatic carbocycles. The topological polar surface area (TPSA) is 41.6 Å².